The van der Waals surface area contributed by atoms with E-state index in [9.17, 15) is 4.79 Å². The molecule has 20 heavy (non-hydrogen) atoms. The summed E-state index contributed by atoms with van der Waals surface area (Å²) in [6.45, 7) is 12.9. The van der Waals surface area contributed by atoms with Gasteiger partial charge in [0.15, 0.2) is 5.78 Å². The number of ketones is 1. The molecule has 0 aliphatic heterocycles. The van der Waals surface area contributed by atoms with Crippen LogP contribution in [0.15, 0.2) is 0 Å². The van der Waals surface area contributed by atoms with Crippen molar-refractivity contribution in [3.63, 3.8) is 0 Å². The highest BCUT2D eigenvalue weighted by molar-refractivity contribution is 6.03. The zero-order chi connectivity index (χ0) is 15.1. The van der Waals surface area contributed by atoms with Crippen LogP contribution in [0.2, 0.25) is 0 Å². The molecule has 2 rings (SSSR count). The number of benzene rings is 1. The van der Waals surface area contributed by atoms with Gasteiger partial charge in [0, 0.05) is 11.0 Å². The first-order valence-corrected chi connectivity index (χ1v) is 7.91. The van der Waals surface area contributed by atoms with Gasteiger partial charge in [-0.1, -0.05) is 26.2 Å². The molecule has 0 amide bonds. The van der Waals surface area contributed by atoms with Crippen molar-refractivity contribution in [2.24, 2.45) is 5.41 Å². The Morgan fingerprint density at radius 1 is 0.750 bits per heavy atom. The maximum atomic E-state index is 13.2. The fraction of sp³-hybridized carbons (Fsp3) is 0.632. The Morgan fingerprint density at radius 3 is 1.60 bits per heavy atom. The van der Waals surface area contributed by atoms with Gasteiger partial charge >= 0.3 is 0 Å². The summed E-state index contributed by atoms with van der Waals surface area (Å²) >= 11 is 0. The second kappa shape index (κ2) is 5.35. The van der Waals surface area contributed by atoms with Crippen molar-refractivity contribution in [3.05, 3.63) is 33.4 Å². The first-order chi connectivity index (χ1) is 9.29. The fourth-order valence-corrected chi connectivity index (χ4v) is 3.70. The van der Waals surface area contributed by atoms with Crippen LogP contribution in [0.4, 0.5) is 0 Å². The molecule has 0 aromatic heterocycles. The van der Waals surface area contributed by atoms with Gasteiger partial charge in [-0.3, -0.25) is 4.79 Å². The van der Waals surface area contributed by atoms with Crippen LogP contribution < -0.4 is 0 Å². The number of carbonyl (C=O) groups is 1. The zero-order valence-corrected chi connectivity index (χ0v) is 13.9. The monoisotopic (exact) mass is 272 g/mol. The summed E-state index contributed by atoms with van der Waals surface area (Å²) in [5.41, 5.74) is 7.18. The first-order valence-electron chi connectivity index (χ1n) is 7.91. The fourth-order valence-electron chi connectivity index (χ4n) is 3.70. The molecule has 1 heteroatoms. The molecule has 0 bridgehead atoms. The summed E-state index contributed by atoms with van der Waals surface area (Å²) in [5, 5.41) is 0. The van der Waals surface area contributed by atoms with Gasteiger partial charge in [0.05, 0.1) is 0 Å². The quantitative estimate of drug-likeness (QED) is 0.660. The molecule has 1 aromatic carbocycles. The summed E-state index contributed by atoms with van der Waals surface area (Å²) in [4.78, 5) is 13.2. The molecule has 0 atom stereocenters. The predicted octanol–water partition coefficient (Wildman–Crippen LogP) is 5.38. The summed E-state index contributed by atoms with van der Waals surface area (Å²) in [7, 11) is 0. The van der Waals surface area contributed by atoms with Gasteiger partial charge in [0.1, 0.15) is 0 Å². The number of carbonyl (C=O) groups excluding carboxylic acids is 1. The van der Waals surface area contributed by atoms with Crippen molar-refractivity contribution in [2.75, 3.05) is 0 Å². The normalized spacial score (nSPS) is 18.1. The summed E-state index contributed by atoms with van der Waals surface area (Å²) in [5.74, 6) is 0.387. The molecule has 1 saturated carbocycles. The predicted molar refractivity (Wildman–Crippen MR) is 85.6 cm³/mol. The number of Topliss-reactive ketones (excluding diaryl/α,β-unsaturated/α-hetero) is 1. The van der Waals surface area contributed by atoms with Crippen LogP contribution in [0.3, 0.4) is 0 Å². The summed E-state index contributed by atoms with van der Waals surface area (Å²) in [6.07, 6.45) is 5.79. The molecular weight excluding hydrogens is 244 g/mol. The van der Waals surface area contributed by atoms with E-state index in [0.29, 0.717) is 5.78 Å². The molecule has 110 valence electrons. The summed E-state index contributed by atoms with van der Waals surface area (Å²) in [6, 6.07) is 0. The Morgan fingerprint density at radius 2 is 1.15 bits per heavy atom. The van der Waals surface area contributed by atoms with E-state index < -0.39 is 0 Å². The van der Waals surface area contributed by atoms with Crippen molar-refractivity contribution in [3.8, 4) is 0 Å². The molecule has 1 nitrogen and oxygen atoms in total. The van der Waals surface area contributed by atoms with Gasteiger partial charge in [-0.15, -0.1) is 0 Å². The second-order valence-electron chi connectivity index (χ2n) is 6.95. The third-order valence-corrected chi connectivity index (χ3v) is 5.73. The van der Waals surface area contributed by atoms with Gasteiger partial charge in [-0.2, -0.15) is 0 Å². The van der Waals surface area contributed by atoms with Crippen LogP contribution in [0, 0.1) is 40.0 Å². The third kappa shape index (κ3) is 2.32. The minimum absolute atomic E-state index is 0.137. The Labute approximate surface area is 123 Å². The van der Waals surface area contributed by atoms with Crippen LogP contribution in [-0.4, -0.2) is 5.78 Å². The molecule has 1 fully saturated rings. The molecule has 0 unspecified atom stereocenters. The number of rotatable bonds is 2. The van der Waals surface area contributed by atoms with E-state index in [0.717, 1.165) is 18.4 Å². The van der Waals surface area contributed by atoms with Crippen LogP contribution in [-0.2, 0) is 0 Å². The standard InChI is InChI=1S/C19H28O/c1-12-13(2)15(4)17(16(5)14(12)3)18(20)19(6)10-8-7-9-11-19/h7-11H2,1-6H3. The molecule has 1 aromatic rings. The maximum absolute atomic E-state index is 13.2. The highest BCUT2D eigenvalue weighted by atomic mass is 16.1. The molecule has 0 heterocycles. The lowest BCUT2D eigenvalue weighted by molar-refractivity contribution is 0.0748. The average Bonchev–Trinajstić information content (AvgIpc) is 2.44. The molecule has 1 aliphatic carbocycles. The minimum Gasteiger partial charge on any atom is -0.294 e. The van der Waals surface area contributed by atoms with E-state index >= 15 is 0 Å². The zero-order valence-electron chi connectivity index (χ0n) is 13.9. The SMILES string of the molecule is Cc1c(C)c(C)c(C(=O)C2(C)CCCCC2)c(C)c1C. The van der Waals surface area contributed by atoms with Gasteiger partial charge in [0.2, 0.25) is 0 Å². The Balaban J connectivity index is 2.55. The smallest absolute Gasteiger partial charge is 0.169 e. The Kier molecular flexibility index (Phi) is 4.09. The van der Waals surface area contributed by atoms with Crippen molar-refractivity contribution >= 4 is 5.78 Å². The van der Waals surface area contributed by atoms with Gasteiger partial charge in [-0.25, -0.2) is 0 Å². The Bertz CT molecular complexity index is 516. The lowest BCUT2D eigenvalue weighted by Crippen LogP contribution is -2.31. The molecule has 1 aliphatic rings. The molecule has 0 N–H and O–H groups in total. The minimum atomic E-state index is -0.137. The van der Waals surface area contributed by atoms with Gasteiger partial charge in [0.25, 0.3) is 0 Å². The van der Waals surface area contributed by atoms with Crippen molar-refractivity contribution < 1.29 is 4.79 Å². The van der Waals surface area contributed by atoms with E-state index in [1.807, 2.05) is 0 Å². The number of hydrogen-bond donors (Lipinski definition) is 0. The summed E-state index contributed by atoms with van der Waals surface area (Å²) < 4.78 is 0. The molecule has 0 spiro atoms. The van der Waals surface area contributed by atoms with Crippen LogP contribution in [0.25, 0.3) is 0 Å². The van der Waals surface area contributed by atoms with Crippen molar-refractivity contribution in [1.82, 2.24) is 0 Å². The number of hydrogen-bond acceptors (Lipinski definition) is 1. The molecule has 0 saturated heterocycles. The van der Waals surface area contributed by atoms with Crippen molar-refractivity contribution in [1.29, 1.82) is 0 Å². The van der Waals surface area contributed by atoms with Crippen LogP contribution >= 0.6 is 0 Å². The lowest BCUT2D eigenvalue weighted by atomic mass is 9.69. The second-order valence-corrected chi connectivity index (χ2v) is 6.95. The van der Waals surface area contributed by atoms with Gasteiger partial charge in [-0.05, 0) is 75.3 Å². The molecule has 0 radical (unpaired) electrons. The van der Waals surface area contributed by atoms with Crippen LogP contribution in [0.1, 0.15) is 77.2 Å². The van der Waals surface area contributed by atoms with E-state index in [2.05, 4.69) is 41.5 Å². The van der Waals surface area contributed by atoms with E-state index in [1.165, 1.54) is 47.1 Å². The molecular formula is C19H28O. The van der Waals surface area contributed by atoms with E-state index in [4.69, 9.17) is 0 Å². The van der Waals surface area contributed by atoms with E-state index in [-0.39, 0.29) is 5.41 Å². The highest BCUT2D eigenvalue weighted by Gasteiger charge is 2.36. The van der Waals surface area contributed by atoms with Gasteiger partial charge < -0.3 is 0 Å². The first kappa shape index (κ1) is 15.3. The van der Waals surface area contributed by atoms with E-state index in [1.54, 1.807) is 0 Å². The largest absolute Gasteiger partial charge is 0.294 e. The maximum Gasteiger partial charge on any atom is 0.169 e. The average molecular weight is 272 g/mol. The van der Waals surface area contributed by atoms with Crippen LogP contribution in [0.5, 0.6) is 0 Å². The van der Waals surface area contributed by atoms with Crippen molar-refractivity contribution in [2.45, 2.75) is 73.6 Å². The lowest BCUT2D eigenvalue weighted by Gasteiger charge is -2.33. The topological polar surface area (TPSA) is 17.1 Å². The third-order valence-electron chi connectivity index (χ3n) is 5.73. The Hall–Kier alpha value is -1.11. The highest BCUT2D eigenvalue weighted by Crippen LogP contribution is 2.41.